The number of carbonyl (C=O) groups is 1. The number of hydrogen-bond acceptors (Lipinski definition) is 7. The van der Waals surface area contributed by atoms with E-state index in [9.17, 15) is 4.79 Å². The van der Waals surface area contributed by atoms with Crippen molar-refractivity contribution in [2.75, 3.05) is 31.6 Å². The third-order valence-corrected chi connectivity index (χ3v) is 6.17. The van der Waals surface area contributed by atoms with Crippen LogP contribution in [0, 0.1) is 11.8 Å². The Bertz CT molecular complexity index is 1060. The zero-order valence-corrected chi connectivity index (χ0v) is 17.8. The molecule has 0 saturated carbocycles. The monoisotopic (exact) mass is 440 g/mol. The van der Waals surface area contributed by atoms with E-state index in [0.29, 0.717) is 31.0 Å². The van der Waals surface area contributed by atoms with E-state index in [1.165, 1.54) is 0 Å². The second-order valence-corrected chi connectivity index (χ2v) is 8.51. The van der Waals surface area contributed by atoms with Gasteiger partial charge in [-0.3, -0.25) is 9.48 Å². The minimum Gasteiger partial charge on any atom is -0.381 e. The number of anilines is 2. The number of nitrogens with one attached hydrogen (secondary N) is 1. The van der Waals surface area contributed by atoms with Crippen LogP contribution in [0.2, 0.25) is 0 Å². The van der Waals surface area contributed by atoms with E-state index >= 15 is 0 Å². The average molecular weight is 441 g/mol. The number of piperidine rings is 1. The zero-order valence-electron chi connectivity index (χ0n) is 17.8. The van der Waals surface area contributed by atoms with Crippen molar-refractivity contribution in [1.82, 2.24) is 34.4 Å². The maximum Gasteiger partial charge on any atom is 0.229 e. The van der Waals surface area contributed by atoms with E-state index in [4.69, 9.17) is 4.74 Å². The Morgan fingerprint density at radius 3 is 2.81 bits per heavy atom. The van der Waals surface area contributed by atoms with Gasteiger partial charge in [0.25, 0.3) is 0 Å². The standard InChI is InChI=1S/C21H28N8O2.CH4/c1-27-14-18(11-23-27)25-21-22-9-17-10-24-29(19(17)26-21)13-15-3-2-6-28(12-15)20(30)16-4-7-31-8-5-16;/h9-11,14-16H,2-8,12-13H2,1H3,(H,22,25,26);1H4. The fraction of sp³-hybridized carbons (Fsp3) is 0.591. The largest absolute Gasteiger partial charge is 0.381 e. The highest BCUT2D eigenvalue weighted by Gasteiger charge is 2.30. The van der Waals surface area contributed by atoms with Crippen LogP contribution in [0.3, 0.4) is 0 Å². The first-order valence-electron chi connectivity index (χ1n) is 11.0. The van der Waals surface area contributed by atoms with Crippen molar-refractivity contribution >= 4 is 28.6 Å². The molecule has 10 nitrogen and oxygen atoms in total. The van der Waals surface area contributed by atoms with Crippen LogP contribution in [0.1, 0.15) is 33.1 Å². The quantitative estimate of drug-likeness (QED) is 0.650. The Hall–Kier alpha value is -3.01. The molecule has 1 N–H and O–H groups in total. The fourth-order valence-corrected chi connectivity index (χ4v) is 4.54. The molecule has 0 aliphatic carbocycles. The lowest BCUT2D eigenvalue weighted by atomic mass is 9.94. The van der Waals surface area contributed by atoms with Crippen LogP contribution in [-0.4, -0.2) is 66.6 Å². The summed E-state index contributed by atoms with van der Waals surface area (Å²) in [6, 6.07) is 0. The van der Waals surface area contributed by atoms with Gasteiger partial charge in [-0.15, -0.1) is 0 Å². The summed E-state index contributed by atoms with van der Waals surface area (Å²) in [7, 11) is 1.87. The molecule has 172 valence electrons. The number of hydrogen-bond donors (Lipinski definition) is 1. The van der Waals surface area contributed by atoms with Crippen LogP contribution < -0.4 is 5.32 Å². The van der Waals surface area contributed by atoms with Crippen molar-refractivity contribution < 1.29 is 9.53 Å². The summed E-state index contributed by atoms with van der Waals surface area (Å²) in [5.41, 5.74) is 1.64. The van der Waals surface area contributed by atoms with Gasteiger partial charge in [-0.2, -0.15) is 15.2 Å². The molecular weight excluding hydrogens is 408 g/mol. The van der Waals surface area contributed by atoms with Crippen LogP contribution in [0.4, 0.5) is 11.6 Å². The van der Waals surface area contributed by atoms with Gasteiger partial charge in [0.2, 0.25) is 11.9 Å². The molecule has 1 amide bonds. The molecule has 0 spiro atoms. The number of carbonyl (C=O) groups excluding carboxylic acids is 1. The Morgan fingerprint density at radius 1 is 1.19 bits per heavy atom. The summed E-state index contributed by atoms with van der Waals surface area (Å²) in [6.45, 7) is 3.77. The van der Waals surface area contributed by atoms with Gasteiger partial charge in [0, 0.05) is 58.2 Å². The Morgan fingerprint density at radius 2 is 2.03 bits per heavy atom. The highest BCUT2D eigenvalue weighted by Crippen LogP contribution is 2.25. The molecule has 3 aromatic heterocycles. The van der Waals surface area contributed by atoms with E-state index in [0.717, 1.165) is 62.0 Å². The number of nitrogens with zero attached hydrogens (tertiary/aromatic N) is 7. The number of ether oxygens (including phenoxy) is 1. The van der Waals surface area contributed by atoms with E-state index in [1.54, 1.807) is 23.3 Å². The van der Waals surface area contributed by atoms with Gasteiger partial charge in [0.05, 0.1) is 23.5 Å². The lowest BCUT2D eigenvalue weighted by molar-refractivity contribution is -0.140. The van der Waals surface area contributed by atoms with Crippen molar-refractivity contribution in [3.05, 3.63) is 24.8 Å². The van der Waals surface area contributed by atoms with E-state index in [1.807, 2.05) is 17.9 Å². The van der Waals surface area contributed by atoms with E-state index < -0.39 is 0 Å². The van der Waals surface area contributed by atoms with Crippen molar-refractivity contribution in [2.24, 2.45) is 18.9 Å². The Kier molecular flexibility index (Phi) is 6.69. The molecule has 1 unspecified atom stereocenters. The van der Waals surface area contributed by atoms with Gasteiger partial charge in [-0.05, 0) is 31.6 Å². The molecule has 5 heterocycles. The molecule has 10 heteroatoms. The van der Waals surface area contributed by atoms with Crippen LogP contribution in [0.5, 0.6) is 0 Å². The topological polar surface area (TPSA) is 103 Å². The molecule has 1 atom stereocenters. The van der Waals surface area contributed by atoms with E-state index in [2.05, 4.69) is 30.4 Å². The first-order valence-corrected chi connectivity index (χ1v) is 11.0. The molecule has 2 aliphatic rings. The molecule has 2 saturated heterocycles. The smallest absolute Gasteiger partial charge is 0.229 e. The number of aryl methyl sites for hydroxylation is 1. The van der Waals surface area contributed by atoms with Gasteiger partial charge in [0.15, 0.2) is 5.65 Å². The molecule has 0 bridgehead atoms. The van der Waals surface area contributed by atoms with Crippen LogP contribution in [0.15, 0.2) is 24.8 Å². The zero-order chi connectivity index (χ0) is 21.2. The minimum absolute atomic E-state index is 0. The van der Waals surface area contributed by atoms with Gasteiger partial charge in [-0.25, -0.2) is 9.67 Å². The number of rotatable bonds is 5. The predicted octanol–water partition coefficient (Wildman–Crippen LogP) is 2.60. The average Bonchev–Trinajstić information content (AvgIpc) is 3.39. The molecule has 32 heavy (non-hydrogen) atoms. The van der Waals surface area contributed by atoms with Crippen molar-refractivity contribution in [3.63, 3.8) is 0 Å². The molecule has 0 aromatic carbocycles. The second-order valence-electron chi connectivity index (χ2n) is 8.51. The maximum atomic E-state index is 12.9. The SMILES string of the molecule is C.Cn1cc(Nc2ncc3cnn(CC4CCCN(C(=O)C5CCOCC5)C4)c3n2)cn1. The van der Waals surface area contributed by atoms with Gasteiger partial charge >= 0.3 is 0 Å². The number of likely N-dealkylation sites (tertiary alicyclic amines) is 1. The normalized spacial score (nSPS) is 19.7. The van der Waals surface area contributed by atoms with Crippen LogP contribution >= 0.6 is 0 Å². The summed E-state index contributed by atoms with van der Waals surface area (Å²) in [5, 5.41) is 12.8. The maximum absolute atomic E-state index is 12.9. The summed E-state index contributed by atoms with van der Waals surface area (Å²) < 4.78 is 9.08. The highest BCUT2D eigenvalue weighted by atomic mass is 16.5. The van der Waals surface area contributed by atoms with Gasteiger partial charge in [0.1, 0.15) is 0 Å². The van der Waals surface area contributed by atoms with E-state index in [-0.39, 0.29) is 13.3 Å². The fourth-order valence-electron chi connectivity index (χ4n) is 4.54. The number of aromatic nitrogens is 6. The van der Waals surface area contributed by atoms with Crippen molar-refractivity contribution in [3.8, 4) is 0 Å². The predicted molar refractivity (Wildman–Crippen MR) is 121 cm³/mol. The molecule has 5 rings (SSSR count). The Labute approximate surface area is 188 Å². The summed E-state index contributed by atoms with van der Waals surface area (Å²) in [6.07, 6.45) is 11.0. The molecule has 2 aliphatic heterocycles. The molecule has 3 aromatic rings. The number of fused-ring (bicyclic) bond motifs is 1. The molecule has 0 radical (unpaired) electrons. The number of amides is 1. The lowest BCUT2D eigenvalue weighted by Crippen LogP contribution is -2.45. The molecule has 2 fully saturated rings. The third kappa shape index (κ3) is 4.74. The van der Waals surface area contributed by atoms with Crippen LogP contribution in [-0.2, 0) is 23.1 Å². The van der Waals surface area contributed by atoms with Crippen LogP contribution in [0.25, 0.3) is 11.0 Å². The first-order chi connectivity index (χ1) is 15.2. The molecular formula is C22H32N8O2. The Balaban J connectivity index is 0.00000245. The van der Waals surface area contributed by atoms with Gasteiger partial charge < -0.3 is 15.0 Å². The highest BCUT2D eigenvalue weighted by molar-refractivity contribution is 5.79. The summed E-state index contributed by atoms with van der Waals surface area (Å²) in [4.78, 5) is 24.1. The van der Waals surface area contributed by atoms with Gasteiger partial charge in [-0.1, -0.05) is 7.43 Å². The lowest BCUT2D eigenvalue weighted by Gasteiger charge is -2.35. The summed E-state index contributed by atoms with van der Waals surface area (Å²) >= 11 is 0. The van der Waals surface area contributed by atoms with Crippen molar-refractivity contribution in [2.45, 2.75) is 39.7 Å². The first kappa shape index (κ1) is 22.2. The third-order valence-electron chi connectivity index (χ3n) is 6.17. The summed E-state index contributed by atoms with van der Waals surface area (Å²) in [5.74, 6) is 1.29. The van der Waals surface area contributed by atoms with Crippen molar-refractivity contribution in [1.29, 1.82) is 0 Å². The second kappa shape index (κ2) is 9.64. The minimum atomic E-state index is 0.